The highest BCUT2D eigenvalue weighted by Gasteiger charge is 2.11. The van der Waals surface area contributed by atoms with Crippen molar-refractivity contribution in [3.8, 4) is 11.8 Å². The molecule has 0 saturated heterocycles. The first kappa shape index (κ1) is 16.1. The maximum absolute atomic E-state index is 9.14. The standard InChI is InChI=1S/C20H21N3O/c1-15-13-18-19(14-16(15)2)23(11-10-21)20(22-18)9-6-12-24-17-7-4-3-5-8-17/h3-5,7-8,13-14H,6,9,11-12H2,1-2H3. The van der Waals surface area contributed by atoms with Crippen molar-refractivity contribution in [1.82, 2.24) is 9.55 Å². The summed E-state index contributed by atoms with van der Waals surface area (Å²) < 4.78 is 7.76. The Morgan fingerprint density at radius 3 is 2.62 bits per heavy atom. The third-order valence-electron chi connectivity index (χ3n) is 4.23. The van der Waals surface area contributed by atoms with Crippen LogP contribution in [0.1, 0.15) is 23.4 Å². The molecule has 0 aliphatic rings. The van der Waals surface area contributed by atoms with Crippen LogP contribution in [0.3, 0.4) is 0 Å². The average molecular weight is 319 g/mol. The first-order chi connectivity index (χ1) is 11.7. The van der Waals surface area contributed by atoms with Crippen LogP contribution in [0.4, 0.5) is 0 Å². The first-order valence-corrected chi connectivity index (χ1v) is 8.20. The van der Waals surface area contributed by atoms with Crippen LogP contribution in [-0.2, 0) is 13.0 Å². The Kier molecular flexibility index (Phi) is 4.81. The molecule has 4 nitrogen and oxygen atoms in total. The number of nitriles is 1. The minimum Gasteiger partial charge on any atom is -0.494 e. The molecule has 2 aromatic carbocycles. The lowest BCUT2D eigenvalue weighted by Gasteiger charge is -2.07. The van der Waals surface area contributed by atoms with E-state index in [0.717, 1.165) is 35.4 Å². The summed E-state index contributed by atoms with van der Waals surface area (Å²) in [5.74, 6) is 1.84. The van der Waals surface area contributed by atoms with Crippen LogP contribution >= 0.6 is 0 Å². The lowest BCUT2D eigenvalue weighted by molar-refractivity contribution is 0.309. The Morgan fingerprint density at radius 1 is 1.12 bits per heavy atom. The van der Waals surface area contributed by atoms with E-state index in [-0.39, 0.29) is 0 Å². The van der Waals surface area contributed by atoms with Gasteiger partial charge in [-0.2, -0.15) is 5.26 Å². The molecule has 0 bridgehead atoms. The van der Waals surface area contributed by atoms with Gasteiger partial charge in [0.25, 0.3) is 0 Å². The van der Waals surface area contributed by atoms with Crippen molar-refractivity contribution in [3.05, 3.63) is 59.4 Å². The topological polar surface area (TPSA) is 50.8 Å². The number of aromatic nitrogens is 2. The van der Waals surface area contributed by atoms with Gasteiger partial charge in [-0.3, -0.25) is 0 Å². The number of aryl methyl sites for hydroxylation is 3. The molecule has 1 aromatic heterocycles. The molecule has 0 amide bonds. The fourth-order valence-corrected chi connectivity index (χ4v) is 2.80. The van der Waals surface area contributed by atoms with E-state index in [1.165, 1.54) is 11.1 Å². The number of rotatable bonds is 6. The zero-order valence-corrected chi connectivity index (χ0v) is 14.1. The minimum absolute atomic E-state index is 0.327. The molecule has 0 saturated carbocycles. The molecule has 0 spiro atoms. The van der Waals surface area contributed by atoms with Gasteiger partial charge < -0.3 is 9.30 Å². The Bertz CT molecular complexity index is 875. The molecule has 122 valence electrons. The van der Waals surface area contributed by atoms with Crippen molar-refractivity contribution in [1.29, 1.82) is 5.26 Å². The van der Waals surface area contributed by atoms with E-state index in [1.54, 1.807) is 0 Å². The summed E-state index contributed by atoms with van der Waals surface area (Å²) >= 11 is 0. The van der Waals surface area contributed by atoms with E-state index in [4.69, 9.17) is 15.0 Å². The smallest absolute Gasteiger partial charge is 0.119 e. The minimum atomic E-state index is 0.327. The molecule has 0 radical (unpaired) electrons. The monoisotopic (exact) mass is 319 g/mol. The summed E-state index contributed by atoms with van der Waals surface area (Å²) in [4.78, 5) is 4.73. The van der Waals surface area contributed by atoms with Crippen molar-refractivity contribution >= 4 is 11.0 Å². The van der Waals surface area contributed by atoms with Gasteiger partial charge in [-0.1, -0.05) is 18.2 Å². The summed E-state index contributed by atoms with van der Waals surface area (Å²) in [5.41, 5.74) is 4.45. The fourth-order valence-electron chi connectivity index (χ4n) is 2.80. The number of hydrogen-bond acceptors (Lipinski definition) is 3. The van der Waals surface area contributed by atoms with Crippen molar-refractivity contribution in [3.63, 3.8) is 0 Å². The van der Waals surface area contributed by atoms with Crippen LogP contribution in [0.25, 0.3) is 11.0 Å². The van der Waals surface area contributed by atoms with Crippen molar-refractivity contribution < 1.29 is 4.74 Å². The average Bonchev–Trinajstić information content (AvgIpc) is 2.90. The van der Waals surface area contributed by atoms with Crippen LogP contribution in [-0.4, -0.2) is 16.2 Å². The highest BCUT2D eigenvalue weighted by atomic mass is 16.5. The van der Waals surface area contributed by atoms with Crippen LogP contribution < -0.4 is 4.74 Å². The van der Waals surface area contributed by atoms with Crippen LogP contribution in [0, 0.1) is 25.2 Å². The molecule has 0 fully saturated rings. The molecule has 0 unspecified atom stereocenters. The van der Waals surface area contributed by atoms with Gasteiger partial charge in [-0.15, -0.1) is 0 Å². The normalized spacial score (nSPS) is 10.7. The van der Waals surface area contributed by atoms with E-state index >= 15 is 0 Å². The fraction of sp³-hybridized carbons (Fsp3) is 0.300. The van der Waals surface area contributed by atoms with Gasteiger partial charge >= 0.3 is 0 Å². The molecular weight excluding hydrogens is 298 g/mol. The van der Waals surface area contributed by atoms with Crippen molar-refractivity contribution in [2.24, 2.45) is 0 Å². The van der Waals surface area contributed by atoms with Crippen molar-refractivity contribution in [2.45, 2.75) is 33.2 Å². The van der Waals surface area contributed by atoms with E-state index in [2.05, 4.69) is 32.0 Å². The van der Waals surface area contributed by atoms with Crippen molar-refractivity contribution in [2.75, 3.05) is 6.61 Å². The predicted molar refractivity (Wildman–Crippen MR) is 95.1 cm³/mol. The van der Waals surface area contributed by atoms with Gasteiger partial charge in [-0.05, 0) is 55.7 Å². The molecular formula is C20H21N3O. The zero-order valence-electron chi connectivity index (χ0n) is 14.1. The lowest BCUT2D eigenvalue weighted by atomic mass is 10.1. The number of hydrogen-bond donors (Lipinski definition) is 0. The Hall–Kier alpha value is -2.80. The van der Waals surface area contributed by atoms with Crippen LogP contribution in [0.2, 0.25) is 0 Å². The van der Waals surface area contributed by atoms with Gasteiger partial charge in [-0.25, -0.2) is 4.98 Å². The van der Waals surface area contributed by atoms with Gasteiger partial charge in [0.1, 0.15) is 18.1 Å². The Labute approximate surface area is 142 Å². The number of imidazole rings is 1. The molecule has 3 rings (SSSR count). The SMILES string of the molecule is Cc1cc2nc(CCCOc3ccccc3)n(CC#N)c2cc1C. The highest BCUT2D eigenvalue weighted by molar-refractivity contribution is 5.78. The molecule has 0 atom stereocenters. The summed E-state index contributed by atoms with van der Waals surface area (Å²) in [6, 6.07) is 16.3. The number of ether oxygens (including phenoxy) is 1. The predicted octanol–water partition coefficient (Wildman–Crippen LogP) is 4.19. The van der Waals surface area contributed by atoms with Crippen LogP contribution in [0.5, 0.6) is 5.75 Å². The molecule has 0 aliphatic heterocycles. The van der Waals surface area contributed by atoms with Gasteiger partial charge in [0, 0.05) is 6.42 Å². The number of benzene rings is 2. The van der Waals surface area contributed by atoms with E-state index in [1.807, 2.05) is 34.9 Å². The summed E-state index contributed by atoms with van der Waals surface area (Å²) in [6.45, 7) is 5.14. The van der Waals surface area contributed by atoms with E-state index in [0.29, 0.717) is 13.2 Å². The maximum Gasteiger partial charge on any atom is 0.119 e. The molecule has 4 heteroatoms. The zero-order chi connectivity index (χ0) is 16.9. The molecule has 1 heterocycles. The quantitative estimate of drug-likeness (QED) is 0.640. The summed E-state index contributed by atoms with van der Waals surface area (Å²) in [5, 5.41) is 9.14. The number of para-hydroxylation sites is 1. The van der Waals surface area contributed by atoms with E-state index in [9.17, 15) is 0 Å². The summed E-state index contributed by atoms with van der Waals surface area (Å²) in [7, 11) is 0. The van der Waals surface area contributed by atoms with Crippen LogP contribution in [0.15, 0.2) is 42.5 Å². The highest BCUT2D eigenvalue weighted by Crippen LogP contribution is 2.21. The Morgan fingerprint density at radius 2 is 1.88 bits per heavy atom. The maximum atomic E-state index is 9.14. The lowest BCUT2D eigenvalue weighted by Crippen LogP contribution is -2.06. The Balaban J connectivity index is 1.73. The summed E-state index contributed by atoms with van der Waals surface area (Å²) in [6.07, 6.45) is 1.66. The van der Waals surface area contributed by atoms with Gasteiger partial charge in [0.05, 0.1) is 23.7 Å². The molecule has 3 aromatic rings. The number of nitrogens with zero attached hydrogens (tertiary/aromatic N) is 3. The second-order valence-corrected chi connectivity index (χ2v) is 5.96. The third kappa shape index (κ3) is 3.41. The van der Waals surface area contributed by atoms with Gasteiger partial charge in [0.2, 0.25) is 0 Å². The largest absolute Gasteiger partial charge is 0.494 e. The van der Waals surface area contributed by atoms with Gasteiger partial charge in [0.15, 0.2) is 0 Å². The molecule has 0 aliphatic carbocycles. The second-order valence-electron chi connectivity index (χ2n) is 5.96. The second kappa shape index (κ2) is 7.18. The first-order valence-electron chi connectivity index (χ1n) is 8.20. The molecule has 24 heavy (non-hydrogen) atoms. The van der Waals surface area contributed by atoms with E-state index < -0.39 is 0 Å². The number of fused-ring (bicyclic) bond motifs is 1. The molecule has 0 N–H and O–H groups in total. The third-order valence-corrected chi connectivity index (χ3v) is 4.23.